The summed E-state index contributed by atoms with van der Waals surface area (Å²) in [6, 6.07) is 9.16. The van der Waals surface area contributed by atoms with E-state index in [1.807, 2.05) is 0 Å². The van der Waals surface area contributed by atoms with Gasteiger partial charge in [0.05, 0.1) is 5.60 Å². The average Bonchev–Trinajstić information content (AvgIpc) is 2.89. The van der Waals surface area contributed by atoms with Gasteiger partial charge in [0.1, 0.15) is 0 Å². The highest BCUT2D eigenvalue weighted by molar-refractivity contribution is 5.34. The largest absolute Gasteiger partial charge is 0.389 e. The van der Waals surface area contributed by atoms with Crippen LogP contribution >= 0.6 is 0 Å². The lowest BCUT2D eigenvalue weighted by molar-refractivity contribution is -0.0106. The fourth-order valence-electron chi connectivity index (χ4n) is 3.88. The molecule has 1 aromatic rings. The SMILES string of the molecule is CCC1CCC(O)(CNC2CCc3ccccc32)CC1. The first-order valence-corrected chi connectivity index (χ1v) is 8.24. The summed E-state index contributed by atoms with van der Waals surface area (Å²) in [7, 11) is 0. The van der Waals surface area contributed by atoms with Crippen LogP contribution in [0.1, 0.15) is 62.6 Å². The topological polar surface area (TPSA) is 32.3 Å². The molecule has 2 aliphatic carbocycles. The average molecular weight is 273 g/mol. The highest BCUT2D eigenvalue weighted by Crippen LogP contribution is 2.35. The van der Waals surface area contributed by atoms with E-state index < -0.39 is 5.60 Å². The minimum absolute atomic E-state index is 0.444. The summed E-state index contributed by atoms with van der Waals surface area (Å²) < 4.78 is 0. The van der Waals surface area contributed by atoms with Gasteiger partial charge in [-0.1, -0.05) is 37.6 Å². The lowest BCUT2D eigenvalue weighted by Crippen LogP contribution is -2.44. The third-order valence-corrected chi connectivity index (χ3v) is 5.42. The number of benzene rings is 1. The Hall–Kier alpha value is -0.860. The molecule has 0 radical (unpaired) electrons. The zero-order valence-corrected chi connectivity index (χ0v) is 12.6. The predicted octanol–water partition coefficient (Wildman–Crippen LogP) is 3.59. The molecule has 2 nitrogen and oxygen atoms in total. The molecule has 2 N–H and O–H groups in total. The van der Waals surface area contributed by atoms with Gasteiger partial charge in [0.15, 0.2) is 0 Å². The van der Waals surface area contributed by atoms with Crippen molar-refractivity contribution >= 4 is 0 Å². The maximum Gasteiger partial charge on any atom is 0.0772 e. The predicted molar refractivity (Wildman–Crippen MR) is 82.7 cm³/mol. The number of hydrogen-bond donors (Lipinski definition) is 2. The van der Waals surface area contributed by atoms with E-state index in [0.29, 0.717) is 6.04 Å². The Balaban J connectivity index is 1.55. The molecule has 0 heterocycles. The van der Waals surface area contributed by atoms with E-state index in [9.17, 15) is 5.11 Å². The Morgan fingerprint density at radius 1 is 1.20 bits per heavy atom. The van der Waals surface area contributed by atoms with Crippen LogP contribution in [-0.4, -0.2) is 17.3 Å². The highest BCUT2D eigenvalue weighted by Gasteiger charge is 2.33. The molecule has 3 rings (SSSR count). The zero-order valence-electron chi connectivity index (χ0n) is 12.6. The second kappa shape index (κ2) is 5.87. The molecule has 1 unspecified atom stereocenters. The standard InChI is InChI=1S/C18H27NO/c1-2-14-9-11-18(20,12-10-14)13-19-17-8-7-15-5-3-4-6-16(15)17/h3-6,14,17,19-20H,2,7-13H2,1H3. The summed E-state index contributed by atoms with van der Waals surface area (Å²) in [4.78, 5) is 0. The summed E-state index contributed by atoms with van der Waals surface area (Å²) in [5.74, 6) is 0.836. The third-order valence-electron chi connectivity index (χ3n) is 5.42. The molecule has 0 spiro atoms. The van der Waals surface area contributed by atoms with Crippen LogP contribution in [0, 0.1) is 5.92 Å². The molecule has 0 aromatic heterocycles. The molecule has 1 atom stereocenters. The molecular weight excluding hydrogens is 246 g/mol. The molecular formula is C18H27NO. The van der Waals surface area contributed by atoms with E-state index in [4.69, 9.17) is 0 Å². The summed E-state index contributed by atoms with van der Waals surface area (Å²) in [5, 5.41) is 14.4. The van der Waals surface area contributed by atoms with Crippen molar-refractivity contribution in [3.8, 4) is 0 Å². The van der Waals surface area contributed by atoms with Crippen molar-refractivity contribution in [1.82, 2.24) is 5.32 Å². The maximum absolute atomic E-state index is 10.7. The number of fused-ring (bicyclic) bond motifs is 1. The van der Waals surface area contributed by atoms with Gasteiger partial charge < -0.3 is 10.4 Å². The van der Waals surface area contributed by atoms with Crippen LogP contribution < -0.4 is 5.32 Å². The summed E-state index contributed by atoms with van der Waals surface area (Å²) >= 11 is 0. The molecule has 20 heavy (non-hydrogen) atoms. The minimum Gasteiger partial charge on any atom is -0.389 e. The van der Waals surface area contributed by atoms with Gasteiger partial charge in [0.2, 0.25) is 0 Å². The quantitative estimate of drug-likeness (QED) is 0.878. The molecule has 2 aliphatic rings. The molecule has 0 aliphatic heterocycles. The molecule has 1 saturated carbocycles. The Labute approximate surface area is 122 Å². The van der Waals surface area contributed by atoms with Crippen LogP contribution in [0.2, 0.25) is 0 Å². The van der Waals surface area contributed by atoms with Gasteiger partial charge in [-0.3, -0.25) is 0 Å². The van der Waals surface area contributed by atoms with Crippen molar-refractivity contribution in [2.45, 2.75) is 63.5 Å². The summed E-state index contributed by atoms with van der Waals surface area (Å²) in [5.41, 5.74) is 2.45. The minimum atomic E-state index is -0.469. The van der Waals surface area contributed by atoms with Crippen molar-refractivity contribution in [2.24, 2.45) is 5.92 Å². The van der Waals surface area contributed by atoms with Gasteiger partial charge >= 0.3 is 0 Å². The maximum atomic E-state index is 10.7. The van der Waals surface area contributed by atoms with Crippen molar-refractivity contribution in [2.75, 3.05) is 6.54 Å². The van der Waals surface area contributed by atoms with Gasteiger partial charge in [-0.2, -0.15) is 0 Å². The Morgan fingerprint density at radius 2 is 1.95 bits per heavy atom. The zero-order chi connectivity index (χ0) is 14.0. The first-order valence-electron chi connectivity index (χ1n) is 8.24. The van der Waals surface area contributed by atoms with E-state index in [2.05, 4.69) is 36.5 Å². The molecule has 0 amide bonds. The van der Waals surface area contributed by atoms with E-state index >= 15 is 0 Å². The fraction of sp³-hybridized carbons (Fsp3) is 0.667. The summed E-state index contributed by atoms with van der Waals surface area (Å²) in [6.45, 7) is 3.02. The lowest BCUT2D eigenvalue weighted by Gasteiger charge is -2.36. The lowest BCUT2D eigenvalue weighted by atomic mass is 9.77. The van der Waals surface area contributed by atoms with Crippen molar-refractivity contribution in [3.63, 3.8) is 0 Å². The van der Waals surface area contributed by atoms with Crippen molar-refractivity contribution in [1.29, 1.82) is 0 Å². The Bertz CT molecular complexity index is 448. The molecule has 0 saturated heterocycles. The van der Waals surface area contributed by atoms with Gasteiger partial charge in [0, 0.05) is 12.6 Å². The third kappa shape index (κ3) is 2.91. The molecule has 1 fully saturated rings. The Kier molecular flexibility index (Phi) is 4.13. The fourth-order valence-corrected chi connectivity index (χ4v) is 3.88. The normalized spacial score (nSPS) is 33.1. The van der Waals surface area contributed by atoms with Gasteiger partial charge in [-0.25, -0.2) is 0 Å². The second-order valence-electron chi connectivity index (χ2n) is 6.75. The second-order valence-corrected chi connectivity index (χ2v) is 6.75. The number of aryl methyl sites for hydroxylation is 1. The number of nitrogens with one attached hydrogen (secondary N) is 1. The number of rotatable bonds is 4. The van der Waals surface area contributed by atoms with E-state index in [0.717, 1.165) is 25.3 Å². The smallest absolute Gasteiger partial charge is 0.0772 e. The first kappa shape index (κ1) is 14.1. The van der Waals surface area contributed by atoms with Crippen LogP contribution in [0.15, 0.2) is 24.3 Å². The van der Waals surface area contributed by atoms with Gasteiger partial charge in [-0.05, 0) is 55.6 Å². The van der Waals surface area contributed by atoms with Crippen molar-refractivity contribution in [3.05, 3.63) is 35.4 Å². The van der Waals surface area contributed by atoms with E-state index in [1.54, 1.807) is 0 Å². The number of hydrogen-bond acceptors (Lipinski definition) is 2. The van der Waals surface area contributed by atoms with E-state index in [1.165, 1.54) is 43.2 Å². The van der Waals surface area contributed by atoms with Gasteiger partial charge in [-0.15, -0.1) is 0 Å². The van der Waals surface area contributed by atoms with Crippen molar-refractivity contribution < 1.29 is 5.11 Å². The Morgan fingerprint density at radius 3 is 2.70 bits per heavy atom. The molecule has 1 aromatic carbocycles. The van der Waals surface area contributed by atoms with E-state index in [-0.39, 0.29) is 0 Å². The van der Waals surface area contributed by atoms with Crippen LogP contribution in [0.3, 0.4) is 0 Å². The molecule has 2 heteroatoms. The monoisotopic (exact) mass is 273 g/mol. The van der Waals surface area contributed by atoms with Crippen LogP contribution in [0.25, 0.3) is 0 Å². The highest BCUT2D eigenvalue weighted by atomic mass is 16.3. The number of aliphatic hydroxyl groups is 1. The van der Waals surface area contributed by atoms with Crippen LogP contribution in [0.4, 0.5) is 0 Å². The van der Waals surface area contributed by atoms with Crippen LogP contribution in [0.5, 0.6) is 0 Å². The summed E-state index contributed by atoms with van der Waals surface area (Å²) in [6.07, 6.45) is 7.92. The molecule has 110 valence electrons. The van der Waals surface area contributed by atoms with Crippen LogP contribution in [-0.2, 0) is 6.42 Å². The first-order chi connectivity index (χ1) is 9.70. The van der Waals surface area contributed by atoms with Gasteiger partial charge in [0.25, 0.3) is 0 Å². The molecule has 0 bridgehead atoms.